The van der Waals surface area contributed by atoms with Gasteiger partial charge < -0.3 is 15.2 Å². The molecule has 1 aliphatic heterocycles. The maximum Gasteiger partial charge on any atom is 0.335 e. The molecule has 0 bridgehead atoms. The van der Waals surface area contributed by atoms with Gasteiger partial charge in [0.25, 0.3) is 0 Å². The quantitative estimate of drug-likeness (QED) is 0.704. The Balaban J connectivity index is 1.81. The van der Waals surface area contributed by atoms with E-state index in [0.717, 1.165) is 16.9 Å². The van der Waals surface area contributed by atoms with Gasteiger partial charge in [-0.3, -0.25) is 4.79 Å². The highest BCUT2D eigenvalue weighted by Gasteiger charge is 2.29. The number of para-hydroxylation sites is 1. The summed E-state index contributed by atoms with van der Waals surface area (Å²) in [7, 11) is 1.62. The van der Waals surface area contributed by atoms with Crippen molar-refractivity contribution in [3.8, 4) is 11.4 Å². The van der Waals surface area contributed by atoms with Crippen LogP contribution in [0.5, 0.6) is 5.75 Å². The van der Waals surface area contributed by atoms with E-state index in [-0.39, 0.29) is 16.7 Å². The van der Waals surface area contributed by atoms with E-state index < -0.39 is 5.97 Å². The van der Waals surface area contributed by atoms with Gasteiger partial charge in [0.15, 0.2) is 0 Å². The molecule has 2 heterocycles. The van der Waals surface area contributed by atoms with Gasteiger partial charge in [-0.05, 0) is 30.3 Å². The van der Waals surface area contributed by atoms with Gasteiger partial charge in [-0.15, -0.1) is 11.8 Å². The first-order valence-corrected chi connectivity index (χ1v) is 9.59. The van der Waals surface area contributed by atoms with E-state index in [1.165, 1.54) is 23.9 Å². The Hall–Kier alpha value is -3.26. The Morgan fingerprint density at radius 1 is 1.21 bits per heavy atom. The van der Waals surface area contributed by atoms with Crippen molar-refractivity contribution in [2.75, 3.05) is 18.2 Å². The van der Waals surface area contributed by atoms with E-state index in [9.17, 15) is 9.59 Å². The van der Waals surface area contributed by atoms with Crippen LogP contribution in [0.2, 0.25) is 0 Å². The Morgan fingerprint density at radius 3 is 2.68 bits per heavy atom. The van der Waals surface area contributed by atoms with Crippen molar-refractivity contribution in [1.29, 1.82) is 0 Å². The van der Waals surface area contributed by atoms with Gasteiger partial charge in [-0.2, -0.15) is 5.10 Å². The van der Waals surface area contributed by atoms with Crippen molar-refractivity contribution < 1.29 is 19.4 Å². The van der Waals surface area contributed by atoms with Crippen LogP contribution in [0.4, 0.5) is 5.82 Å². The molecule has 2 N–H and O–H groups in total. The van der Waals surface area contributed by atoms with Gasteiger partial charge in [0, 0.05) is 11.1 Å². The molecule has 0 unspecified atom stereocenters. The highest BCUT2D eigenvalue weighted by atomic mass is 32.2. The van der Waals surface area contributed by atoms with Gasteiger partial charge in [0.1, 0.15) is 11.6 Å². The second-order valence-corrected chi connectivity index (χ2v) is 7.29. The molecular weight excluding hydrogens is 378 g/mol. The number of aromatic carboxylic acids is 1. The number of anilines is 1. The van der Waals surface area contributed by atoms with Crippen LogP contribution < -0.4 is 10.1 Å². The van der Waals surface area contributed by atoms with E-state index in [1.807, 2.05) is 24.3 Å². The molecule has 0 saturated heterocycles. The third-order valence-corrected chi connectivity index (χ3v) is 5.77. The SMILES string of the molecule is COc1ccccc1[C@@H]1SCC(=O)Nc2c1cnn2-c1ccc(C(=O)O)cc1. The molecule has 8 heteroatoms. The fourth-order valence-electron chi connectivity index (χ4n) is 3.18. The summed E-state index contributed by atoms with van der Waals surface area (Å²) in [5.74, 6) is 0.516. The first kappa shape index (κ1) is 18.1. The lowest BCUT2D eigenvalue weighted by Gasteiger charge is -2.17. The minimum atomic E-state index is -0.994. The predicted molar refractivity (Wildman–Crippen MR) is 106 cm³/mol. The average molecular weight is 395 g/mol. The third-order valence-electron chi connectivity index (χ3n) is 4.50. The summed E-state index contributed by atoms with van der Waals surface area (Å²) in [6.07, 6.45) is 1.73. The number of aromatic nitrogens is 2. The number of amides is 1. The maximum absolute atomic E-state index is 12.3. The van der Waals surface area contributed by atoms with Crippen LogP contribution >= 0.6 is 11.8 Å². The maximum atomic E-state index is 12.3. The van der Waals surface area contributed by atoms with Gasteiger partial charge in [-0.25, -0.2) is 9.48 Å². The van der Waals surface area contributed by atoms with Crippen molar-refractivity contribution in [2.24, 2.45) is 0 Å². The Kier molecular flexibility index (Phi) is 4.79. The average Bonchev–Trinajstić information content (AvgIpc) is 3.04. The number of hydrogen-bond donors (Lipinski definition) is 2. The van der Waals surface area contributed by atoms with Gasteiger partial charge in [-0.1, -0.05) is 18.2 Å². The molecule has 1 atom stereocenters. The van der Waals surface area contributed by atoms with Crippen LogP contribution in [-0.4, -0.2) is 39.6 Å². The number of fused-ring (bicyclic) bond motifs is 1. The first-order chi connectivity index (χ1) is 13.6. The summed E-state index contributed by atoms with van der Waals surface area (Å²) in [6, 6.07) is 14.1. The van der Waals surface area contributed by atoms with Crippen LogP contribution in [0.25, 0.3) is 5.69 Å². The second-order valence-electron chi connectivity index (χ2n) is 6.19. The van der Waals surface area contributed by atoms with Crippen molar-refractivity contribution in [2.45, 2.75) is 5.25 Å². The number of thioether (sulfide) groups is 1. The molecule has 28 heavy (non-hydrogen) atoms. The smallest absolute Gasteiger partial charge is 0.335 e. The number of ether oxygens (including phenoxy) is 1. The molecule has 2 aromatic carbocycles. The Labute approximate surface area is 165 Å². The summed E-state index contributed by atoms with van der Waals surface area (Å²) >= 11 is 1.51. The molecule has 0 saturated carbocycles. The zero-order chi connectivity index (χ0) is 19.7. The van der Waals surface area contributed by atoms with E-state index in [4.69, 9.17) is 9.84 Å². The standard InChI is InChI=1S/C20H17N3O4S/c1-27-16-5-3-2-4-14(16)18-15-10-21-23(19(15)22-17(24)11-28-18)13-8-6-12(7-9-13)20(25)26/h2-10,18H,11H2,1H3,(H,22,24)(H,25,26)/t18-/m0/s1. The lowest BCUT2D eigenvalue weighted by molar-refractivity contribution is -0.113. The normalized spacial score (nSPS) is 16.0. The summed E-state index contributed by atoms with van der Waals surface area (Å²) in [5, 5.41) is 16.3. The number of carboxylic acid groups (broad SMARTS) is 1. The number of benzene rings is 2. The van der Waals surface area contributed by atoms with Crippen LogP contribution in [0, 0.1) is 0 Å². The fraction of sp³-hybridized carbons (Fsp3) is 0.150. The molecule has 0 fully saturated rings. The van der Waals surface area contributed by atoms with Gasteiger partial charge >= 0.3 is 5.97 Å². The van der Waals surface area contributed by atoms with Crippen LogP contribution in [0.3, 0.4) is 0 Å². The summed E-state index contributed by atoms with van der Waals surface area (Å²) in [4.78, 5) is 23.4. The van der Waals surface area contributed by atoms with Crippen LogP contribution in [0.1, 0.15) is 26.7 Å². The number of rotatable bonds is 4. The number of carboxylic acids is 1. The Bertz CT molecular complexity index is 1050. The number of carbonyl (C=O) groups is 2. The van der Waals surface area contributed by atoms with Gasteiger partial charge in [0.05, 0.1) is 35.6 Å². The van der Waals surface area contributed by atoms with Crippen molar-refractivity contribution in [3.05, 3.63) is 71.4 Å². The summed E-state index contributed by atoms with van der Waals surface area (Å²) in [6.45, 7) is 0. The molecule has 0 spiro atoms. The van der Waals surface area contributed by atoms with E-state index in [0.29, 0.717) is 17.3 Å². The molecule has 1 amide bonds. The Morgan fingerprint density at radius 2 is 1.96 bits per heavy atom. The van der Waals surface area contributed by atoms with Gasteiger partial charge in [0.2, 0.25) is 5.91 Å². The minimum Gasteiger partial charge on any atom is -0.496 e. The molecule has 0 radical (unpaired) electrons. The minimum absolute atomic E-state index is 0.118. The zero-order valence-corrected chi connectivity index (χ0v) is 15.8. The number of hydrogen-bond acceptors (Lipinski definition) is 5. The monoisotopic (exact) mass is 395 g/mol. The fourth-order valence-corrected chi connectivity index (χ4v) is 4.29. The largest absolute Gasteiger partial charge is 0.496 e. The van der Waals surface area contributed by atoms with Crippen LogP contribution in [0.15, 0.2) is 54.7 Å². The van der Waals surface area contributed by atoms with Crippen molar-refractivity contribution in [1.82, 2.24) is 9.78 Å². The molecule has 3 aromatic rings. The molecule has 0 aliphatic carbocycles. The van der Waals surface area contributed by atoms with E-state index >= 15 is 0 Å². The predicted octanol–water partition coefficient (Wildman–Crippen LogP) is 3.35. The topological polar surface area (TPSA) is 93.5 Å². The van der Waals surface area contributed by atoms with E-state index in [2.05, 4.69) is 10.4 Å². The summed E-state index contributed by atoms with van der Waals surface area (Å²) in [5.41, 5.74) is 2.68. The lowest BCUT2D eigenvalue weighted by Crippen LogP contribution is -2.15. The zero-order valence-electron chi connectivity index (χ0n) is 15.0. The molecular formula is C20H17N3O4S. The molecule has 4 rings (SSSR count). The summed E-state index contributed by atoms with van der Waals surface area (Å²) < 4.78 is 7.12. The molecule has 1 aromatic heterocycles. The molecule has 142 valence electrons. The number of nitrogens with zero attached hydrogens (tertiary/aromatic N) is 2. The van der Waals surface area contributed by atoms with E-state index in [1.54, 1.807) is 30.1 Å². The third kappa shape index (κ3) is 3.22. The second kappa shape index (κ2) is 7.40. The molecule has 7 nitrogen and oxygen atoms in total. The van der Waals surface area contributed by atoms with Crippen molar-refractivity contribution in [3.63, 3.8) is 0 Å². The lowest BCUT2D eigenvalue weighted by atomic mass is 10.1. The highest BCUT2D eigenvalue weighted by Crippen LogP contribution is 2.44. The number of nitrogens with one attached hydrogen (secondary N) is 1. The number of carbonyl (C=O) groups excluding carboxylic acids is 1. The van der Waals surface area contributed by atoms with Crippen LogP contribution in [-0.2, 0) is 4.79 Å². The number of methoxy groups -OCH3 is 1. The van der Waals surface area contributed by atoms with Crippen molar-refractivity contribution >= 4 is 29.5 Å². The molecule has 1 aliphatic rings. The highest BCUT2D eigenvalue weighted by molar-refractivity contribution is 8.00. The first-order valence-electron chi connectivity index (χ1n) is 8.54.